The minimum Gasteiger partial charge on any atom is -0.261 e. The van der Waals surface area contributed by atoms with Crippen molar-refractivity contribution in [3.63, 3.8) is 0 Å². The molecule has 6 nitrogen and oxygen atoms in total. The maximum absolute atomic E-state index is 12.3. The summed E-state index contributed by atoms with van der Waals surface area (Å²) in [6.45, 7) is 4.55. The second-order valence-electron chi connectivity index (χ2n) is 5.32. The Labute approximate surface area is 132 Å². The number of nitrogens with zero attached hydrogens (tertiary/aromatic N) is 3. The van der Waals surface area contributed by atoms with Crippen LogP contribution in [0, 0.1) is 0 Å². The van der Waals surface area contributed by atoms with E-state index in [4.69, 9.17) is 0 Å². The van der Waals surface area contributed by atoms with E-state index in [1.54, 1.807) is 12.1 Å². The summed E-state index contributed by atoms with van der Waals surface area (Å²) in [5, 5.41) is 4.36. The molecule has 0 aliphatic heterocycles. The fraction of sp³-hybridized carbons (Fsp3) is 0.600. The van der Waals surface area contributed by atoms with Gasteiger partial charge in [0.25, 0.3) is 0 Å². The lowest BCUT2D eigenvalue weighted by Crippen LogP contribution is -2.30. The molecular formula is C15H24N4O2S. The number of hydrazone groups is 1. The topological polar surface area (TPSA) is 74.7 Å². The zero-order valence-corrected chi connectivity index (χ0v) is 14.1. The van der Waals surface area contributed by atoms with Crippen LogP contribution in [0.2, 0.25) is 0 Å². The van der Waals surface area contributed by atoms with Gasteiger partial charge in [-0.1, -0.05) is 20.3 Å². The van der Waals surface area contributed by atoms with E-state index in [0.717, 1.165) is 18.6 Å². The van der Waals surface area contributed by atoms with Crippen LogP contribution < -0.4 is 5.43 Å². The van der Waals surface area contributed by atoms with Crippen molar-refractivity contribution in [3.05, 3.63) is 18.3 Å². The highest BCUT2D eigenvalue weighted by molar-refractivity contribution is 7.89. The highest BCUT2D eigenvalue weighted by Crippen LogP contribution is 2.17. The van der Waals surface area contributed by atoms with Crippen molar-refractivity contribution in [2.75, 3.05) is 18.5 Å². The Morgan fingerprint density at radius 3 is 2.41 bits per heavy atom. The molecule has 122 valence electrons. The first-order valence-electron chi connectivity index (χ1n) is 7.85. The standard InChI is InChI=1S/C15H24N4O2S/c1-3-19(4-2)22(20,21)14-10-11-15(16-12-14)18-17-13-8-6-5-7-9-13/h10-12H,3-9H2,1-2H3,(H,16,18). The van der Waals surface area contributed by atoms with Gasteiger partial charge in [0, 0.05) is 25.0 Å². The van der Waals surface area contributed by atoms with Gasteiger partial charge in [-0.15, -0.1) is 0 Å². The smallest absolute Gasteiger partial charge is 0.244 e. The van der Waals surface area contributed by atoms with Crippen LogP contribution in [0.25, 0.3) is 0 Å². The summed E-state index contributed by atoms with van der Waals surface area (Å²) in [5.41, 5.74) is 4.08. The van der Waals surface area contributed by atoms with Crippen molar-refractivity contribution in [2.45, 2.75) is 50.8 Å². The Balaban J connectivity index is 2.07. The van der Waals surface area contributed by atoms with Crippen molar-refractivity contribution in [1.82, 2.24) is 9.29 Å². The van der Waals surface area contributed by atoms with Crippen molar-refractivity contribution < 1.29 is 8.42 Å². The molecule has 0 amide bonds. The molecule has 1 aliphatic rings. The molecule has 1 heterocycles. The van der Waals surface area contributed by atoms with Gasteiger partial charge >= 0.3 is 0 Å². The Bertz CT molecular complexity index is 599. The van der Waals surface area contributed by atoms with E-state index in [0.29, 0.717) is 18.9 Å². The molecule has 22 heavy (non-hydrogen) atoms. The van der Waals surface area contributed by atoms with Crippen LogP contribution in [0.5, 0.6) is 0 Å². The Kier molecular flexibility index (Phi) is 5.90. The van der Waals surface area contributed by atoms with Gasteiger partial charge in [-0.3, -0.25) is 5.43 Å². The molecular weight excluding hydrogens is 300 g/mol. The van der Waals surface area contributed by atoms with Crippen LogP contribution in [0.1, 0.15) is 46.0 Å². The van der Waals surface area contributed by atoms with Gasteiger partial charge < -0.3 is 0 Å². The number of sulfonamides is 1. The van der Waals surface area contributed by atoms with Crippen LogP contribution in [-0.2, 0) is 10.0 Å². The van der Waals surface area contributed by atoms with Gasteiger partial charge in [0.1, 0.15) is 10.7 Å². The molecule has 0 radical (unpaired) electrons. The SMILES string of the molecule is CCN(CC)S(=O)(=O)c1ccc(NN=C2CCCCC2)nc1. The van der Waals surface area contributed by atoms with Crippen molar-refractivity contribution in [3.8, 4) is 0 Å². The van der Waals surface area contributed by atoms with Crippen molar-refractivity contribution >= 4 is 21.6 Å². The molecule has 0 bridgehead atoms. The zero-order chi connectivity index (χ0) is 16.0. The fourth-order valence-electron chi connectivity index (χ4n) is 2.52. The van der Waals surface area contributed by atoms with Crippen LogP contribution >= 0.6 is 0 Å². The number of hydrogen-bond donors (Lipinski definition) is 1. The molecule has 0 aromatic carbocycles. The summed E-state index contributed by atoms with van der Waals surface area (Å²) >= 11 is 0. The summed E-state index contributed by atoms with van der Waals surface area (Å²) in [4.78, 5) is 4.37. The minimum atomic E-state index is -3.45. The second-order valence-corrected chi connectivity index (χ2v) is 7.26. The van der Waals surface area contributed by atoms with E-state index in [2.05, 4.69) is 15.5 Å². The summed E-state index contributed by atoms with van der Waals surface area (Å²) < 4.78 is 26.1. The highest BCUT2D eigenvalue weighted by atomic mass is 32.2. The summed E-state index contributed by atoms with van der Waals surface area (Å²) in [6.07, 6.45) is 7.10. The fourth-order valence-corrected chi connectivity index (χ4v) is 3.92. The molecule has 1 N–H and O–H groups in total. The van der Waals surface area contributed by atoms with E-state index in [1.165, 1.54) is 29.8 Å². The molecule has 1 saturated carbocycles. The first-order valence-corrected chi connectivity index (χ1v) is 9.29. The molecule has 0 unspecified atom stereocenters. The first kappa shape index (κ1) is 16.9. The Morgan fingerprint density at radius 1 is 1.18 bits per heavy atom. The van der Waals surface area contributed by atoms with Crippen LogP contribution in [0.3, 0.4) is 0 Å². The highest BCUT2D eigenvalue weighted by Gasteiger charge is 2.21. The van der Waals surface area contributed by atoms with E-state index in [9.17, 15) is 8.42 Å². The predicted molar refractivity (Wildman–Crippen MR) is 88.5 cm³/mol. The molecule has 1 aliphatic carbocycles. The molecule has 2 rings (SSSR count). The largest absolute Gasteiger partial charge is 0.261 e. The number of hydrogen-bond acceptors (Lipinski definition) is 5. The van der Waals surface area contributed by atoms with Crippen molar-refractivity contribution in [2.24, 2.45) is 5.10 Å². The van der Waals surface area contributed by atoms with Gasteiger partial charge in [0.05, 0.1) is 0 Å². The van der Waals surface area contributed by atoms with E-state index in [1.807, 2.05) is 13.8 Å². The van der Waals surface area contributed by atoms with Gasteiger partial charge in [-0.05, 0) is 37.8 Å². The molecule has 0 atom stereocenters. The van der Waals surface area contributed by atoms with E-state index in [-0.39, 0.29) is 4.90 Å². The Hall–Kier alpha value is -1.47. The van der Waals surface area contributed by atoms with E-state index >= 15 is 0 Å². The van der Waals surface area contributed by atoms with Crippen LogP contribution in [-0.4, -0.2) is 36.5 Å². The quantitative estimate of drug-likeness (QED) is 0.817. The lowest BCUT2D eigenvalue weighted by atomic mass is 9.99. The van der Waals surface area contributed by atoms with Gasteiger partial charge in [-0.2, -0.15) is 9.41 Å². The van der Waals surface area contributed by atoms with Crippen LogP contribution in [0.4, 0.5) is 5.82 Å². The molecule has 7 heteroatoms. The maximum atomic E-state index is 12.3. The normalized spacial score (nSPS) is 15.9. The summed E-state index contributed by atoms with van der Waals surface area (Å²) in [5.74, 6) is 0.566. The van der Waals surface area contributed by atoms with Gasteiger partial charge in [0.2, 0.25) is 10.0 Å². The number of aromatic nitrogens is 1. The third-order valence-corrected chi connectivity index (χ3v) is 5.87. The number of anilines is 1. The Morgan fingerprint density at radius 2 is 1.86 bits per heavy atom. The summed E-state index contributed by atoms with van der Waals surface area (Å²) in [7, 11) is -3.45. The minimum absolute atomic E-state index is 0.215. The molecule has 1 fully saturated rings. The van der Waals surface area contributed by atoms with Crippen LogP contribution in [0.15, 0.2) is 28.3 Å². The third-order valence-electron chi connectivity index (χ3n) is 3.84. The number of rotatable bonds is 6. The lowest BCUT2D eigenvalue weighted by Gasteiger charge is -2.18. The third kappa shape index (κ3) is 4.04. The average molecular weight is 324 g/mol. The molecule has 0 saturated heterocycles. The number of nitrogens with one attached hydrogen (secondary N) is 1. The van der Waals surface area contributed by atoms with Crippen molar-refractivity contribution in [1.29, 1.82) is 0 Å². The molecule has 1 aromatic heterocycles. The van der Waals surface area contributed by atoms with Gasteiger partial charge in [-0.25, -0.2) is 13.4 Å². The number of pyridine rings is 1. The van der Waals surface area contributed by atoms with E-state index < -0.39 is 10.0 Å². The second kappa shape index (κ2) is 7.69. The molecule has 0 spiro atoms. The first-order chi connectivity index (χ1) is 10.6. The zero-order valence-electron chi connectivity index (χ0n) is 13.2. The predicted octanol–water partition coefficient (Wildman–Crippen LogP) is 2.84. The maximum Gasteiger partial charge on any atom is 0.244 e. The average Bonchev–Trinajstić information content (AvgIpc) is 2.55. The molecule has 1 aromatic rings. The lowest BCUT2D eigenvalue weighted by molar-refractivity contribution is 0.445. The van der Waals surface area contributed by atoms with Gasteiger partial charge in [0.15, 0.2) is 0 Å². The monoisotopic (exact) mass is 324 g/mol. The summed E-state index contributed by atoms with van der Waals surface area (Å²) in [6, 6.07) is 3.23.